The SMILES string of the molecule is CC(=O)[N+](O)(O[NH])C(c1ccc(OCc2ccc3ccccc3n2)cc1)C1CCCC1. The number of carbonyl (C=O) groups is 1. The van der Waals surface area contributed by atoms with Crippen molar-refractivity contribution >= 4 is 16.8 Å². The number of para-hydroxylation sites is 1. The van der Waals surface area contributed by atoms with Crippen LogP contribution >= 0.6 is 0 Å². The van der Waals surface area contributed by atoms with Crippen LogP contribution in [0.2, 0.25) is 0 Å². The largest absolute Gasteiger partial charge is 0.487 e. The summed E-state index contributed by atoms with van der Waals surface area (Å²) in [6.07, 6.45) is 3.84. The molecule has 1 aliphatic carbocycles. The predicted molar refractivity (Wildman–Crippen MR) is 114 cm³/mol. The van der Waals surface area contributed by atoms with Gasteiger partial charge in [-0.15, -0.1) is 0 Å². The molecule has 0 saturated heterocycles. The molecule has 161 valence electrons. The Labute approximate surface area is 181 Å². The van der Waals surface area contributed by atoms with Crippen LogP contribution in [0.1, 0.15) is 49.9 Å². The molecule has 4 rings (SSSR count). The summed E-state index contributed by atoms with van der Waals surface area (Å²) in [4.78, 5) is 19.9. The molecule has 3 aromatic rings. The molecular weight excluding hydrogens is 394 g/mol. The molecule has 1 radical (unpaired) electrons. The number of benzene rings is 2. The monoisotopic (exact) mass is 421 g/mol. The van der Waals surface area contributed by atoms with Crippen LogP contribution in [0, 0.1) is 5.92 Å². The van der Waals surface area contributed by atoms with Crippen molar-refractivity contribution in [2.24, 2.45) is 5.92 Å². The van der Waals surface area contributed by atoms with Gasteiger partial charge in [-0.3, -0.25) is 0 Å². The summed E-state index contributed by atoms with van der Waals surface area (Å²) in [5.74, 6) is 7.47. The average molecular weight is 421 g/mol. The van der Waals surface area contributed by atoms with E-state index in [0.29, 0.717) is 12.4 Å². The number of carbonyl (C=O) groups excluding carboxylic acids is 1. The number of hydroxylamine groups is 4. The van der Waals surface area contributed by atoms with Crippen molar-refractivity contribution in [1.82, 2.24) is 10.9 Å². The summed E-state index contributed by atoms with van der Waals surface area (Å²) in [7, 11) is 0. The molecule has 0 bridgehead atoms. The lowest BCUT2D eigenvalue weighted by atomic mass is 9.91. The van der Waals surface area contributed by atoms with E-state index in [-0.39, 0.29) is 5.92 Å². The summed E-state index contributed by atoms with van der Waals surface area (Å²) in [5.41, 5.74) is 2.50. The highest BCUT2D eigenvalue weighted by atomic mass is 17.0. The molecule has 2 N–H and O–H groups in total. The van der Waals surface area contributed by atoms with Crippen molar-refractivity contribution in [3.8, 4) is 5.75 Å². The second-order valence-electron chi connectivity index (χ2n) is 8.08. The minimum Gasteiger partial charge on any atom is -0.487 e. The van der Waals surface area contributed by atoms with Gasteiger partial charge in [0.1, 0.15) is 12.4 Å². The van der Waals surface area contributed by atoms with Crippen LogP contribution in [0.4, 0.5) is 0 Å². The van der Waals surface area contributed by atoms with Crippen LogP contribution in [0.25, 0.3) is 10.9 Å². The summed E-state index contributed by atoms with van der Waals surface area (Å²) in [6, 6.07) is 18.6. The summed E-state index contributed by atoms with van der Waals surface area (Å²) in [5, 5.41) is 11.9. The zero-order chi connectivity index (χ0) is 21.8. The van der Waals surface area contributed by atoms with Crippen molar-refractivity contribution in [2.45, 2.75) is 45.3 Å². The van der Waals surface area contributed by atoms with Crippen LogP contribution in [0.15, 0.2) is 60.7 Å². The molecule has 0 spiro atoms. The molecule has 1 amide bonds. The Morgan fingerprint density at radius 2 is 1.84 bits per heavy atom. The molecule has 2 atom stereocenters. The maximum absolute atomic E-state index is 12.1. The van der Waals surface area contributed by atoms with E-state index in [9.17, 15) is 10.0 Å². The van der Waals surface area contributed by atoms with Crippen molar-refractivity contribution < 1.29 is 24.5 Å². The standard InChI is InChI=1S/C24H27N3O4/c1-17(28)27(29,31-25)24(19-7-2-3-8-19)20-11-14-22(15-12-20)30-16-21-13-10-18-6-4-5-9-23(18)26-21/h4-6,9-15,19,24-25,29H,2-3,7-8,16H2,1H3/q+1. The molecule has 0 aliphatic heterocycles. The van der Waals surface area contributed by atoms with Crippen molar-refractivity contribution in [1.29, 1.82) is 0 Å². The van der Waals surface area contributed by atoms with E-state index in [4.69, 9.17) is 10.6 Å². The van der Waals surface area contributed by atoms with E-state index < -0.39 is 16.8 Å². The lowest BCUT2D eigenvalue weighted by Crippen LogP contribution is -2.53. The molecule has 2 aromatic carbocycles. The Balaban J connectivity index is 1.51. The first-order valence-electron chi connectivity index (χ1n) is 10.6. The second-order valence-corrected chi connectivity index (χ2v) is 8.08. The number of hydrogen-bond acceptors (Lipinski definition) is 5. The van der Waals surface area contributed by atoms with E-state index >= 15 is 0 Å². The first kappa shape index (κ1) is 21.4. The Hall–Kier alpha value is -2.84. The fourth-order valence-corrected chi connectivity index (χ4v) is 4.46. The van der Waals surface area contributed by atoms with Crippen molar-refractivity contribution in [3.05, 3.63) is 71.9 Å². The molecule has 1 saturated carbocycles. The van der Waals surface area contributed by atoms with E-state index in [2.05, 4.69) is 9.92 Å². The number of fused-ring (bicyclic) bond motifs is 1. The molecule has 7 nitrogen and oxygen atoms in total. The molecule has 7 heteroatoms. The van der Waals surface area contributed by atoms with E-state index in [1.54, 1.807) is 0 Å². The van der Waals surface area contributed by atoms with Crippen LogP contribution in [0.3, 0.4) is 0 Å². The molecule has 2 unspecified atom stereocenters. The zero-order valence-corrected chi connectivity index (χ0v) is 17.5. The van der Waals surface area contributed by atoms with Crippen LogP contribution < -0.4 is 10.6 Å². The second kappa shape index (κ2) is 9.11. The van der Waals surface area contributed by atoms with Gasteiger partial charge in [0.15, 0.2) is 6.04 Å². The van der Waals surface area contributed by atoms with Crippen LogP contribution in [0.5, 0.6) is 5.75 Å². The van der Waals surface area contributed by atoms with Gasteiger partial charge in [0, 0.05) is 21.7 Å². The number of nitrogens with zero attached hydrogens (tertiary/aromatic N) is 2. The van der Waals surface area contributed by atoms with Gasteiger partial charge in [-0.05, 0) is 60.1 Å². The zero-order valence-electron chi connectivity index (χ0n) is 17.5. The highest BCUT2D eigenvalue weighted by Crippen LogP contribution is 2.43. The number of aromatic nitrogens is 1. The van der Waals surface area contributed by atoms with Crippen LogP contribution in [-0.4, -0.2) is 20.9 Å². The van der Waals surface area contributed by atoms with Gasteiger partial charge in [-0.2, -0.15) is 5.21 Å². The van der Waals surface area contributed by atoms with E-state index in [1.165, 1.54) is 6.92 Å². The normalized spacial score (nSPS) is 17.4. The quantitative estimate of drug-likeness (QED) is 0.332. The maximum atomic E-state index is 12.1. The maximum Gasteiger partial charge on any atom is 0.378 e. The highest BCUT2D eigenvalue weighted by Gasteiger charge is 2.50. The fourth-order valence-electron chi connectivity index (χ4n) is 4.46. The third-order valence-corrected chi connectivity index (χ3v) is 6.08. The highest BCUT2D eigenvalue weighted by molar-refractivity contribution is 5.78. The molecule has 1 fully saturated rings. The molecule has 31 heavy (non-hydrogen) atoms. The Kier molecular flexibility index (Phi) is 6.29. The number of amides is 1. The third kappa shape index (κ3) is 4.45. The number of hydrogen-bond donors (Lipinski definition) is 1. The van der Waals surface area contributed by atoms with Gasteiger partial charge in [-0.1, -0.05) is 37.1 Å². The number of rotatable bonds is 7. The Morgan fingerprint density at radius 1 is 1.13 bits per heavy atom. The first-order valence-corrected chi connectivity index (χ1v) is 10.6. The summed E-state index contributed by atoms with van der Waals surface area (Å²) >= 11 is 0. The average Bonchev–Trinajstić information content (AvgIpc) is 3.32. The first-order chi connectivity index (χ1) is 15.0. The Bertz CT molecular complexity index is 1050. The molecule has 1 aliphatic rings. The van der Waals surface area contributed by atoms with Gasteiger partial charge in [0.2, 0.25) is 0 Å². The fraction of sp³-hybridized carbons (Fsp3) is 0.333. The van der Waals surface area contributed by atoms with Gasteiger partial charge in [0.05, 0.1) is 18.1 Å². The van der Waals surface area contributed by atoms with Gasteiger partial charge in [0.25, 0.3) is 0 Å². The van der Waals surface area contributed by atoms with Gasteiger partial charge >= 0.3 is 5.91 Å². The molecule has 1 aromatic heterocycles. The molecule has 1 heterocycles. The van der Waals surface area contributed by atoms with Crippen LogP contribution in [-0.2, 0) is 16.3 Å². The van der Waals surface area contributed by atoms with E-state index in [1.807, 2.05) is 60.7 Å². The van der Waals surface area contributed by atoms with E-state index in [0.717, 1.165) is 47.8 Å². The number of nitrogens with one attached hydrogen (secondary N) is 1. The minimum absolute atomic E-state index is 0.0628. The lowest BCUT2D eigenvalue weighted by Gasteiger charge is -2.32. The van der Waals surface area contributed by atoms with Gasteiger partial charge < -0.3 is 4.74 Å². The summed E-state index contributed by atoms with van der Waals surface area (Å²) < 4.78 is 5.90. The Morgan fingerprint density at radius 3 is 2.52 bits per heavy atom. The molecular formula is C24H27N3O4+. The van der Waals surface area contributed by atoms with Crippen molar-refractivity contribution in [2.75, 3.05) is 0 Å². The smallest absolute Gasteiger partial charge is 0.378 e. The van der Waals surface area contributed by atoms with Crippen molar-refractivity contribution in [3.63, 3.8) is 0 Å². The summed E-state index contributed by atoms with van der Waals surface area (Å²) in [6.45, 7) is 1.57. The van der Waals surface area contributed by atoms with Gasteiger partial charge in [-0.25, -0.2) is 9.78 Å². The number of quaternary nitrogens is 1. The lowest BCUT2D eigenvalue weighted by molar-refractivity contribution is -1.22. The number of pyridine rings is 1. The minimum atomic E-state index is -1.37. The third-order valence-electron chi connectivity index (χ3n) is 6.08. The topological polar surface area (TPSA) is 92.5 Å². The number of ether oxygens (including phenoxy) is 1. The predicted octanol–water partition coefficient (Wildman–Crippen LogP) is 4.93.